The van der Waals surface area contributed by atoms with Crippen molar-refractivity contribution in [1.82, 2.24) is 4.90 Å². The average Bonchev–Trinajstić information content (AvgIpc) is 2.82. The summed E-state index contributed by atoms with van der Waals surface area (Å²) in [5.74, 6) is -0.324. The number of likely N-dealkylation sites (N-methyl/N-ethyl adjacent to an activating group) is 1. The van der Waals surface area contributed by atoms with Gasteiger partial charge in [-0.15, -0.1) is 0 Å². The molecule has 23 heavy (non-hydrogen) atoms. The number of anilines is 1. The van der Waals surface area contributed by atoms with E-state index in [1.165, 1.54) is 24.2 Å². The molecule has 1 amide bonds. The van der Waals surface area contributed by atoms with Gasteiger partial charge in [-0.25, -0.2) is 4.39 Å². The van der Waals surface area contributed by atoms with Gasteiger partial charge in [0.2, 0.25) is 0 Å². The summed E-state index contributed by atoms with van der Waals surface area (Å²) in [6, 6.07) is 5.18. The lowest BCUT2D eigenvalue weighted by atomic mass is 10.1. The number of benzene rings is 1. The highest BCUT2D eigenvalue weighted by molar-refractivity contribution is 8.26. The molecule has 1 aromatic carbocycles. The van der Waals surface area contributed by atoms with Crippen LogP contribution in [0.5, 0.6) is 0 Å². The molecule has 0 bridgehead atoms. The zero-order chi connectivity index (χ0) is 16.4. The number of hydrogen-bond donors (Lipinski definition) is 0. The molecule has 3 rings (SSSR count). The number of nitrogens with zero attached hydrogens (tertiary/aromatic N) is 2. The van der Waals surface area contributed by atoms with E-state index in [0.717, 1.165) is 25.9 Å². The Bertz CT molecular complexity index is 669. The van der Waals surface area contributed by atoms with E-state index in [-0.39, 0.29) is 11.7 Å². The summed E-state index contributed by atoms with van der Waals surface area (Å²) in [7, 11) is 0. The number of halogens is 1. The van der Waals surface area contributed by atoms with Gasteiger partial charge in [-0.05, 0) is 50.0 Å². The van der Waals surface area contributed by atoms with Gasteiger partial charge >= 0.3 is 0 Å². The minimum atomic E-state index is -0.230. The molecule has 2 heterocycles. The first-order chi connectivity index (χ1) is 11.1. The van der Waals surface area contributed by atoms with E-state index in [9.17, 15) is 9.18 Å². The Hall–Kier alpha value is -1.40. The van der Waals surface area contributed by atoms with Crippen LogP contribution in [0.15, 0.2) is 23.1 Å². The molecule has 0 unspecified atom stereocenters. The van der Waals surface area contributed by atoms with Crippen molar-refractivity contribution >= 4 is 46.0 Å². The van der Waals surface area contributed by atoms with Gasteiger partial charge < -0.3 is 4.90 Å². The van der Waals surface area contributed by atoms with E-state index in [2.05, 4.69) is 4.90 Å². The number of rotatable bonds is 3. The van der Waals surface area contributed by atoms with Crippen molar-refractivity contribution in [3.63, 3.8) is 0 Å². The predicted octanol–water partition coefficient (Wildman–Crippen LogP) is 4.04. The van der Waals surface area contributed by atoms with Gasteiger partial charge in [-0.3, -0.25) is 9.69 Å². The Morgan fingerprint density at radius 1 is 1.30 bits per heavy atom. The lowest BCUT2D eigenvalue weighted by molar-refractivity contribution is -0.121. The lowest BCUT2D eigenvalue weighted by Crippen LogP contribution is -2.30. The second-order valence-corrected chi connectivity index (χ2v) is 7.36. The van der Waals surface area contributed by atoms with Gasteiger partial charge in [0.15, 0.2) is 0 Å². The first-order valence-corrected chi connectivity index (χ1v) is 9.12. The molecule has 0 saturated carbocycles. The molecule has 6 heteroatoms. The third-order valence-corrected chi connectivity index (χ3v) is 5.53. The zero-order valence-corrected chi connectivity index (χ0v) is 14.7. The summed E-state index contributed by atoms with van der Waals surface area (Å²) >= 11 is 6.46. The van der Waals surface area contributed by atoms with Crippen LogP contribution in [0.4, 0.5) is 10.1 Å². The topological polar surface area (TPSA) is 23.6 Å². The van der Waals surface area contributed by atoms with E-state index in [4.69, 9.17) is 12.2 Å². The Morgan fingerprint density at radius 2 is 2.04 bits per heavy atom. The van der Waals surface area contributed by atoms with Crippen molar-refractivity contribution < 1.29 is 9.18 Å². The van der Waals surface area contributed by atoms with Gasteiger partial charge in [0, 0.05) is 19.6 Å². The monoisotopic (exact) mass is 350 g/mol. The SMILES string of the molecule is CCN1C(=O)/C(=C/c2ccc(N3CCCCC3)c(F)c2)SC1=S. The lowest BCUT2D eigenvalue weighted by Gasteiger charge is -2.29. The maximum Gasteiger partial charge on any atom is 0.266 e. The van der Waals surface area contributed by atoms with Crippen molar-refractivity contribution in [1.29, 1.82) is 0 Å². The summed E-state index contributed by atoms with van der Waals surface area (Å²) in [4.78, 5) is 16.4. The van der Waals surface area contributed by atoms with Crippen LogP contribution in [0, 0.1) is 5.82 Å². The Morgan fingerprint density at radius 3 is 2.65 bits per heavy atom. The molecule has 122 valence electrons. The van der Waals surface area contributed by atoms with Crippen molar-refractivity contribution in [3.8, 4) is 0 Å². The quantitative estimate of drug-likeness (QED) is 0.606. The second kappa shape index (κ2) is 7.01. The Labute approximate surface area is 145 Å². The number of amides is 1. The highest BCUT2D eigenvalue weighted by Crippen LogP contribution is 2.33. The highest BCUT2D eigenvalue weighted by Gasteiger charge is 2.30. The van der Waals surface area contributed by atoms with E-state index >= 15 is 0 Å². The van der Waals surface area contributed by atoms with Crippen LogP contribution < -0.4 is 4.90 Å². The fourth-order valence-corrected chi connectivity index (χ4v) is 4.31. The van der Waals surface area contributed by atoms with Crippen LogP contribution in [-0.4, -0.2) is 34.8 Å². The summed E-state index contributed by atoms with van der Waals surface area (Å²) < 4.78 is 15.0. The molecule has 2 fully saturated rings. The fourth-order valence-electron chi connectivity index (χ4n) is 2.93. The molecular formula is C17H19FN2OS2. The molecule has 0 atom stereocenters. The zero-order valence-electron chi connectivity index (χ0n) is 13.0. The molecule has 1 aromatic rings. The molecule has 0 aromatic heterocycles. The van der Waals surface area contributed by atoms with Crippen molar-refractivity contribution in [2.45, 2.75) is 26.2 Å². The Kier molecular flexibility index (Phi) is 5.02. The third kappa shape index (κ3) is 3.43. The molecular weight excluding hydrogens is 331 g/mol. The number of carbonyl (C=O) groups excluding carboxylic acids is 1. The van der Waals surface area contributed by atoms with E-state index < -0.39 is 0 Å². The first-order valence-electron chi connectivity index (χ1n) is 7.90. The second-order valence-electron chi connectivity index (χ2n) is 5.68. The van der Waals surface area contributed by atoms with E-state index in [1.54, 1.807) is 11.0 Å². The number of hydrogen-bond acceptors (Lipinski definition) is 4. The normalized spacial score (nSPS) is 20.7. The number of thioether (sulfide) groups is 1. The molecule has 2 aliphatic heterocycles. The van der Waals surface area contributed by atoms with Gasteiger partial charge in [-0.1, -0.05) is 30.0 Å². The summed E-state index contributed by atoms with van der Waals surface area (Å²) in [5, 5.41) is 0. The van der Waals surface area contributed by atoms with Gasteiger partial charge in [0.05, 0.1) is 10.6 Å². The fraction of sp³-hybridized carbons (Fsp3) is 0.412. The molecule has 0 spiro atoms. The number of thiocarbonyl (C=S) groups is 1. The van der Waals surface area contributed by atoms with Crippen molar-refractivity contribution in [2.75, 3.05) is 24.5 Å². The summed E-state index contributed by atoms with van der Waals surface area (Å²) in [6.45, 7) is 4.27. The van der Waals surface area contributed by atoms with Gasteiger partial charge in [0.1, 0.15) is 10.1 Å². The molecule has 3 nitrogen and oxygen atoms in total. The third-order valence-electron chi connectivity index (χ3n) is 4.16. The van der Waals surface area contributed by atoms with E-state index in [0.29, 0.717) is 27.0 Å². The van der Waals surface area contributed by atoms with Crippen LogP contribution in [0.1, 0.15) is 31.7 Å². The van der Waals surface area contributed by atoms with E-state index in [1.807, 2.05) is 19.1 Å². The standard InChI is InChI=1S/C17H19FN2OS2/c1-2-20-16(21)15(23-17(20)22)11-12-6-7-14(13(18)10-12)19-8-4-3-5-9-19/h6-7,10-11H,2-5,8-9H2,1H3/b15-11-. The molecule has 2 aliphatic rings. The van der Waals surface area contributed by atoms with Crippen LogP contribution in [-0.2, 0) is 4.79 Å². The molecule has 0 N–H and O–H groups in total. The minimum absolute atomic E-state index is 0.0944. The first kappa shape index (κ1) is 16.5. The summed E-state index contributed by atoms with van der Waals surface area (Å²) in [5.41, 5.74) is 1.35. The predicted molar refractivity (Wildman–Crippen MR) is 98.0 cm³/mol. The van der Waals surface area contributed by atoms with Gasteiger partial charge in [-0.2, -0.15) is 0 Å². The molecule has 0 radical (unpaired) electrons. The van der Waals surface area contributed by atoms with Crippen LogP contribution in [0.2, 0.25) is 0 Å². The smallest absolute Gasteiger partial charge is 0.266 e. The van der Waals surface area contributed by atoms with Crippen LogP contribution in [0.3, 0.4) is 0 Å². The summed E-state index contributed by atoms with van der Waals surface area (Å²) in [6.07, 6.45) is 5.16. The number of piperidine rings is 1. The molecule has 0 aliphatic carbocycles. The highest BCUT2D eigenvalue weighted by atomic mass is 32.2. The Balaban J connectivity index is 1.82. The number of carbonyl (C=O) groups is 1. The van der Waals surface area contributed by atoms with Crippen molar-refractivity contribution in [3.05, 3.63) is 34.5 Å². The average molecular weight is 350 g/mol. The molecule has 2 saturated heterocycles. The van der Waals surface area contributed by atoms with Gasteiger partial charge in [0.25, 0.3) is 5.91 Å². The minimum Gasteiger partial charge on any atom is -0.369 e. The van der Waals surface area contributed by atoms with Crippen LogP contribution >= 0.6 is 24.0 Å². The van der Waals surface area contributed by atoms with Crippen LogP contribution in [0.25, 0.3) is 6.08 Å². The maximum atomic E-state index is 14.4. The van der Waals surface area contributed by atoms with Crippen molar-refractivity contribution in [2.24, 2.45) is 0 Å². The largest absolute Gasteiger partial charge is 0.369 e. The maximum absolute atomic E-state index is 14.4.